The molecule has 0 atom stereocenters. The number of hydrogen-bond donors (Lipinski definition) is 4. The summed E-state index contributed by atoms with van der Waals surface area (Å²) in [6, 6.07) is 7.85. The van der Waals surface area contributed by atoms with Crippen LogP contribution in [0.1, 0.15) is 40.1 Å². The van der Waals surface area contributed by atoms with Gasteiger partial charge in [-0.1, -0.05) is 6.07 Å². The number of hydrazine groups is 1. The van der Waals surface area contributed by atoms with Gasteiger partial charge in [-0.3, -0.25) is 15.0 Å². The topological polar surface area (TPSA) is 151 Å². The Labute approximate surface area is 173 Å². The van der Waals surface area contributed by atoms with Crippen molar-refractivity contribution in [3.8, 4) is 5.75 Å². The zero-order valence-electron chi connectivity index (χ0n) is 16.5. The molecule has 2 aromatic rings. The minimum absolute atomic E-state index is 0.0313. The summed E-state index contributed by atoms with van der Waals surface area (Å²) in [5, 5.41) is 11.7. The first-order chi connectivity index (χ1) is 14.0. The number of anilines is 1. The predicted molar refractivity (Wildman–Crippen MR) is 108 cm³/mol. The Morgan fingerprint density at radius 3 is 2.37 bits per heavy atom. The minimum Gasteiger partial charge on any atom is -0.493 e. The molecule has 0 saturated heterocycles. The van der Waals surface area contributed by atoms with Crippen molar-refractivity contribution in [2.75, 3.05) is 11.9 Å². The highest BCUT2D eigenvalue weighted by Crippen LogP contribution is 2.24. The molecule has 0 aliphatic heterocycles. The van der Waals surface area contributed by atoms with Crippen LogP contribution in [0.25, 0.3) is 0 Å². The zero-order valence-corrected chi connectivity index (χ0v) is 17.3. The maximum atomic E-state index is 12.5. The molecule has 2 rings (SSSR count). The highest BCUT2D eigenvalue weighted by Gasteiger charge is 2.20. The summed E-state index contributed by atoms with van der Waals surface area (Å²) in [4.78, 5) is 36.5. The first-order valence-corrected chi connectivity index (χ1v) is 10.2. The molecule has 11 heteroatoms. The molecular weight excluding hydrogens is 414 g/mol. The monoisotopic (exact) mass is 435 g/mol. The van der Waals surface area contributed by atoms with Crippen LogP contribution in [0.15, 0.2) is 41.3 Å². The molecule has 0 aliphatic carbocycles. The quantitative estimate of drug-likeness (QED) is 0.461. The van der Waals surface area contributed by atoms with Crippen molar-refractivity contribution < 1.29 is 32.6 Å². The Balaban J connectivity index is 2.23. The number of carboxylic acid groups (broad SMARTS) is 1. The van der Waals surface area contributed by atoms with Gasteiger partial charge in [0.25, 0.3) is 15.9 Å². The van der Waals surface area contributed by atoms with Crippen molar-refractivity contribution >= 4 is 33.5 Å². The van der Waals surface area contributed by atoms with Gasteiger partial charge in [0.1, 0.15) is 5.75 Å². The van der Waals surface area contributed by atoms with Crippen LogP contribution in [0.3, 0.4) is 0 Å². The smallest absolute Gasteiger partial charge is 0.335 e. The molecule has 30 heavy (non-hydrogen) atoms. The van der Waals surface area contributed by atoms with Gasteiger partial charge in [-0.2, -0.15) is 0 Å². The lowest BCUT2D eigenvalue weighted by Crippen LogP contribution is -2.41. The van der Waals surface area contributed by atoms with Crippen LogP contribution in [0, 0.1) is 6.92 Å². The summed E-state index contributed by atoms with van der Waals surface area (Å²) in [6.45, 7) is 4.80. The number of aromatic carboxylic acids is 1. The lowest BCUT2D eigenvalue weighted by molar-refractivity contribution is -0.114. The SMILES string of the molecule is CCOc1cc(NC(C)=O)ccc1C(=O)NNS(=O)(=O)c1ccc(C)c(C(=O)O)c1. The highest BCUT2D eigenvalue weighted by atomic mass is 32.2. The molecule has 0 spiro atoms. The molecule has 2 aromatic carbocycles. The van der Waals surface area contributed by atoms with E-state index < -0.39 is 21.9 Å². The van der Waals surface area contributed by atoms with Gasteiger partial charge >= 0.3 is 5.97 Å². The van der Waals surface area contributed by atoms with Crippen LogP contribution in [-0.4, -0.2) is 37.9 Å². The molecule has 0 heterocycles. The number of carbonyl (C=O) groups excluding carboxylic acids is 2. The molecule has 10 nitrogen and oxygen atoms in total. The number of carboxylic acids is 1. The van der Waals surface area contributed by atoms with Crippen LogP contribution in [0.5, 0.6) is 5.75 Å². The molecule has 0 fully saturated rings. The van der Waals surface area contributed by atoms with Crippen molar-refractivity contribution in [1.82, 2.24) is 10.3 Å². The van der Waals surface area contributed by atoms with Gasteiger partial charge in [0.2, 0.25) is 5.91 Å². The fourth-order valence-electron chi connectivity index (χ4n) is 2.50. The van der Waals surface area contributed by atoms with Crippen LogP contribution in [0.4, 0.5) is 5.69 Å². The summed E-state index contributed by atoms with van der Waals surface area (Å²) in [7, 11) is -4.23. The molecule has 160 valence electrons. The fraction of sp³-hybridized carbons (Fsp3) is 0.211. The molecule has 2 amide bonds. The third-order valence-electron chi connectivity index (χ3n) is 3.90. The van der Waals surface area contributed by atoms with Crippen molar-refractivity contribution in [3.63, 3.8) is 0 Å². The molecule has 0 unspecified atom stereocenters. The summed E-state index contributed by atoms with van der Waals surface area (Å²) in [5.41, 5.74) is 2.73. The lowest BCUT2D eigenvalue weighted by atomic mass is 10.1. The standard InChI is InChI=1S/C19H21N3O7S/c1-4-29-17-9-13(20-12(3)23)6-8-15(17)18(24)21-22-30(27,28)14-7-5-11(2)16(10-14)19(25)26/h5-10,22H,4H2,1-3H3,(H,20,23)(H,21,24)(H,25,26). The number of sulfonamides is 1. The lowest BCUT2D eigenvalue weighted by Gasteiger charge is -2.14. The third-order valence-corrected chi connectivity index (χ3v) is 5.14. The predicted octanol–water partition coefficient (Wildman–Crippen LogP) is 1.67. The Hall–Kier alpha value is -3.44. The molecule has 0 bridgehead atoms. The van der Waals surface area contributed by atoms with Crippen LogP contribution >= 0.6 is 0 Å². The van der Waals surface area contributed by atoms with Crippen LogP contribution in [0.2, 0.25) is 0 Å². The Morgan fingerprint density at radius 1 is 1.07 bits per heavy atom. The summed E-state index contributed by atoms with van der Waals surface area (Å²) < 4.78 is 30.3. The van der Waals surface area contributed by atoms with Crippen molar-refractivity contribution in [2.24, 2.45) is 0 Å². The number of aryl methyl sites for hydroxylation is 1. The third kappa shape index (κ3) is 5.55. The Morgan fingerprint density at radius 2 is 1.77 bits per heavy atom. The molecule has 0 radical (unpaired) electrons. The van der Waals surface area contributed by atoms with Gasteiger partial charge in [0.15, 0.2) is 0 Å². The Bertz CT molecular complexity index is 1100. The van der Waals surface area contributed by atoms with Gasteiger partial charge in [0.05, 0.1) is 22.6 Å². The van der Waals surface area contributed by atoms with E-state index in [0.717, 1.165) is 6.07 Å². The molecule has 4 N–H and O–H groups in total. The number of rotatable bonds is 8. The van der Waals surface area contributed by atoms with Crippen molar-refractivity contribution in [3.05, 3.63) is 53.1 Å². The van der Waals surface area contributed by atoms with E-state index in [4.69, 9.17) is 9.84 Å². The average molecular weight is 435 g/mol. The van der Waals surface area contributed by atoms with Gasteiger partial charge in [-0.05, 0) is 43.7 Å². The molecule has 0 aromatic heterocycles. The van der Waals surface area contributed by atoms with Gasteiger partial charge < -0.3 is 15.2 Å². The van der Waals surface area contributed by atoms with Gasteiger partial charge in [-0.15, -0.1) is 4.83 Å². The number of amides is 2. The van der Waals surface area contributed by atoms with E-state index in [1.165, 1.54) is 44.2 Å². The zero-order chi connectivity index (χ0) is 22.5. The maximum Gasteiger partial charge on any atom is 0.335 e. The number of benzene rings is 2. The fourth-order valence-corrected chi connectivity index (χ4v) is 3.37. The first-order valence-electron chi connectivity index (χ1n) is 8.75. The van der Waals surface area contributed by atoms with Crippen LogP contribution < -0.4 is 20.3 Å². The summed E-state index contributed by atoms with van der Waals surface area (Å²) >= 11 is 0. The van der Waals surface area contributed by atoms with Gasteiger partial charge in [0, 0.05) is 18.7 Å². The van der Waals surface area contributed by atoms with E-state index in [2.05, 4.69) is 10.7 Å². The molecular formula is C19H21N3O7S. The van der Waals surface area contributed by atoms with Crippen molar-refractivity contribution in [1.29, 1.82) is 0 Å². The average Bonchev–Trinajstić information content (AvgIpc) is 2.66. The highest BCUT2D eigenvalue weighted by molar-refractivity contribution is 7.89. The van der Waals surface area contributed by atoms with E-state index in [1.54, 1.807) is 6.92 Å². The number of nitrogens with one attached hydrogen (secondary N) is 3. The van der Waals surface area contributed by atoms with Crippen LogP contribution in [-0.2, 0) is 14.8 Å². The maximum absolute atomic E-state index is 12.5. The largest absolute Gasteiger partial charge is 0.493 e. The molecule has 0 saturated carbocycles. The van der Waals surface area contributed by atoms with E-state index in [1.807, 2.05) is 4.83 Å². The number of hydrogen-bond acceptors (Lipinski definition) is 6. The van der Waals surface area contributed by atoms with E-state index in [9.17, 15) is 22.8 Å². The van der Waals surface area contributed by atoms with E-state index >= 15 is 0 Å². The second kappa shape index (κ2) is 9.37. The normalized spacial score (nSPS) is 10.9. The first kappa shape index (κ1) is 22.8. The Kier molecular flexibility index (Phi) is 7.14. The number of ether oxygens (including phenoxy) is 1. The van der Waals surface area contributed by atoms with E-state index in [0.29, 0.717) is 11.3 Å². The van der Waals surface area contributed by atoms with Crippen molar-refractivity contribution in [2.45, 2.75) is 25.7 Å². The number of carbonyl (C=O) groups is 3. The summed E-state index contributed by atoms with van der Waals surface area (Å²) in [6.07, 6.45) is 0. The second-order valence-electron chi connectivity index (χ2n) is 6.17. The second-order valence-corrected chi connectivity index (χ2v) is 7.85. The van der Waals surface area contributed by atoms with Gasteiger partial charge in [-0.25, -0.2) is 13.2 Å². The summed E-state index contributed by atoms with van der Waals surface area (Å²) in [5.74, 6) is -2.23. The molecule has 0 aliphatic rings. The minimum atomic E-state index is -4.23. The van der Waals surface area contributed by atoms with E-state index in [-0.39, 0.29) is 34.3 Å².